The highest BCUT2D eigenvalue weighted by Crippen LogP contribution is 2.33. The van der Waals surface area contributed by atoms with Crippen molar-refractivity contribution in [3.8, 4) is 16.7 Å². The van der Waals surface area contributed by atoms with Gasteiger partial charge >= 0.3 is 0 Å². The summed E-state index contributed by atoms with van der Waals surface area (Å²) in [5.74, 6) is 1.37. The fraction of sp³-hybridized carbons (Fsp3) is 0.0714. The number of ether oxygens (including phenoxy) is 2. The maximum atomic E-state index is 10.7. The van der Waals surface area contributed by atoms with Crippen molar-refractivity contribution in [1.29, 1.82) is 0 Å². The van der Waals surface area contributed by atoms with Crippen LogP contribution < -0.4 is 9.47 Å². The summed E-state index contributed by atoms with van der Waals surface area (Å²) in [4.78, 5) is 14.6. The van der Waals surface area contributed by atoms with Gasteiger partial charge in [-0.2, -0.15) is 0 Å². The number of thiazole rings is 1. The minimum atomic E-state index is -0.427. The first kappa shape index (κ1) is 13.3. The van der Waals surface area contributed by atoms with Crippen molar-refractivity contribution in [1.82, 2.24) is 4.98 Å². The van der Waals surface area contributed by atoms with Gasteiger partial charge in [0.2, 0.25) is 0 Å². The Balaban J connectivity index is 1.88. The normalized spacial score (nSPS) is 10.5. The molecule has 0 amide bonds. The van der Waals surface area contributed by atoms with Crippen molar-refractivity contribution in [3.63, 3.8) is 0 Å². The Morgan fingerprint density at radius 2 is 1.86 bits per heavy atom. The molecule has 0 aliphatic rings. The predicted molar refractivity (Wildman–Crippen MR) is 79.3 cm³/mol. The molecule has 0 fully saturated rings. The van der Waals surface area contributed by atoms with E-state index in [1.165, 1.54) is 23.5 Å². The van der Waals surface area contributed by atoms with Gasteiger partial charge in [0.25, 0.3) is 10.9 Å². The van der Waals surface area contributed by atoms with Gasteiger partial charge in [-0.3, -0.25) is 10.1 Å². The molecule has 0 spiro atoms. The lowest BCUT2D eigenvalue weighted by Crippen LogP contribution is -1.86. The van der Waals surface area contributed by atoms with Crippen LogP contribution in [0.15, 0.2) is 42.5 Å². The van der Waals surface area contributed by atoms with Gasteiger partial charge in [-0.15, -0.1) is 0 Å². The first-order valence-corrected chi connectivity index (χ1v) is 6.84. The zero-order valence-corrected chi connectivity index (χ0v) is 11.8. The highest BCUT2D eigenvalue weighted by molar-refractivity contribution is 7.20. The van der Waals surface area contributed by atoms with Crippen LogP contribution in [0.2, 0.25) is 0 Å². The topological polar surface area (TPSA) is 74.5 Å². The van der Waals surface area contributed by atoms with Gasteiger partial charge in [0, 0.05) is 12.1 Å². The van der Waals surface area contributed by atoms with Gasteiger partial charge in [-0.1, -0.05) is 11.3 Å². The molecule has 1 heterocycles. The molecule has 1 aromatic heterocycles. The van der Waals surface area contributed by atoms with Crippen molar-refractivity contribution in [2.24, 2.45) is 0 Å². The molecule has 0 bridgehead atoms. The number of nitro groups is 1. The van der Waals surface area contributed by atoms with E-state index in [9.17, 15) is 10.1 Å². The van der Waals surface area contributed by atoms with Crippen LogP contribution in [0.25, 0.3) is 10.2 Å². The molecule has 0 atom stereocenters. The molecule has 6 nitrogen and oxygen atoms in total. The van der Waals surface area contributed by atoms with E-state index >= 15 is 0 Å². The van der Waals surface area contributed by atoms with E-state index < -0.39 is 4.92 Å². The van der Waals surface area contributed by atoms with E-state index in [-0.39, 0.29) is 5.69 Å². The fourth-order valence-corrected chi connectivity index (χ4v) is 2.66. The molecular formula is C14H10N2O4S. The number of hydrogen-bond donors (Lipinski definition) is 0. The number of nitro benzene ring substituents is 1. The van der Waals surface area contributed by atoms with Crippen molar-refractivity contribution < 1.29 is 14.4 Å². The summed E-state index contributed by atoms with van der Waals surface area (Å²) in [6.45, 7) is 0. The first-order chi connectivity index (χ1) is 10.2. The standard InChI is InChI=1S/C14H10N2O4S/c1-19-10-3-5-11(6-4-10)20-14-15-12-7-2-9(16(17)18)8-13(12)21-14/h2-8H,1H3. The van der Waals surface area contributed by atoms with E-state index in [2.05, 4.69) is 4.98 Å². The highest BCUT2D eigenvalue weighted by Gasteiger charge is 2.11. The number of hydrogen-bond acceptors (Lipinski definition) is 6. The van der Waals surface area contributed by atoms with Crippen molar-refractivity contribution in [3.05, 3.63) is 52.6 Å². The Labute approximate surface area is 123 Å². The molecule has 0 radical (unpaired) electrons. The van der Waals surface area contributed by atoms with Crippen molar-refractivity contribution in [2.45, 2.75) is 0 Å². The monoisotopic (exact) mass is 302 g/mol. The van der Waals surface area contributed by atoms with Gasteiger partial charge in [-0.25, -0.2) is 4.98 Å². The van der Waals surface area contributed by atoms with Crippen molar-refractivity contribution in [2.75, 3.05) is 7.11 Å². The van der Waals surface area contributed by atoms with E-state index in [0.717, 1.165) is 5.75 Å². The number of fused-ring (bicyclic) bond motifs is 1. The van der Waals surface area contributed by atoms with Crippen LogP contribution in [-0.2, 0) is 0 Å². The number of nitrogens with zero attached hydrogens (tertiary/aromatic N) is 2. The fourth-order valence-electron chi connectivity index (χ4n) is 1.79. The Hall–Kier alpha value is -2.67. The van der Waals surface area contributed by atoms with E-state index in [1.54, 1.807) is 37.4 Å². The molecule has 0 aliphatic heterocycles. The molecule has 0 saturated heterocycles. The van der Waals surface area contributed by atoms with Gasteiger partial charge in [0.05, 0.1) is 22.2 Å². The SMILES string of the molecule is COc1ccc(Oc2nc3ccc([N+](=O)[O-])cc3s2)cc1. The number of non-ortho nitro benzene ring substituents is 1. The summed E-state index contributed by atoms with van der Waals surface area (Å²) in [6.07, 6.45) is 0. The molecule has 3 rings (SSSR count). The molecule has 0 unspecified atom stereocenters. The third-order valence-electron chi connectivity index (χ3n) is 2.83. The second-order valence-corrected chi connectivity index (χ2v) is 5.16. The van der Waals surface area contributed by atoms with E-state index in [4.69, 9.17) is 9.47 Å². The molecule has 7 heteroatoms. The van der Waals surface area contributed by atoms with Gasteiger partial charge in [0.1, 0.15) is 11.5 Å². The average Bonchev–Trinajstić information content (AvgIpc) is 2.89. The minimum Gasteiger partial charge on any atom is -0.497 e. The Morgan fingerprint density at radius 3 is 2.52 bits per heavy atom. The molecule has 106 valence electrons. The first-order valence-electron chi connectivity index (χ1n) is 6.02. The number of rotatable bonds is 4. The maximum Gasteiger partial charge on any atom is 0.279 e. The molecule has 21 heavy (non-hydrogen) atoms. The van der Waals surface area contributed by atoms with Crippen molar-refractivity contribution >= 4 is 27.2 Å². The summed E-state index contributed by atoms with van der Waals surface area (Å²) in [5, 5.41) is 11.2. The molecule has 2 aromatic carbocycles. The third kappa shape index (κ3) is 2.77. The third-order valence-corrected chi connectivity index (χ3v) is 3.72. The van der Waals surface area contributed by atoms with Crippen LogP contribution in [0.1, 0.15) is 0 Å². The number of methoxy groups -OCH3 is 1. The molecule has 0 aliphatic carbocycles. The smallest absolute Gasteiger partial charge is 0.279 e. The zero-order valence-electron chi connectivity index (χ0n) is 11.0. The van der Waals surface area contributed by atoms with E-state index in [0.29, 0.717) is 21.2 Å². The predicted octanol–water partition coefficient (Wildman–Crippen LogP) is 4.01. The number of aromatic nitrogens is 1. The van der Waals surface area contributed by atoms with Crippen LogP contribution in [0.3, 0.4) is 0 Å². The van der Waals surface area contributed by atoms with E-state index in [1.807, 2.05) is 0 Å². The largest absolute Gasteiger partial charge is 0.497 e. The second kappa shape index (κ2) is 5.37. The van der Waals surface area contributed by atoms with Crippen LogP contribution >= 0.6 is 11.3 Å². The Kier molecular flexibility index (Phi) is 3.41. The maximum absolute atomic E-state index is 10.7. The summed E-state index contributed by atoms with van der Waals surface area (Å²) < 4.78 is 11.4. The summed E-state index contributed by atoms with van der Waals surface area (Å²) in [6, 6.07) is 11.7. The summed E-state index contributed by atoms with van der Waals surface area (Å²) >= 11 is 1.26. The lowest BCUT2D eigenvalue weighted by atomic mass is 10.3. The van der Waals surface area contributed by atoms with Crippen LogP contribution in [0.5, 0.6) is 16.7 Å². The molecular weight excluding hydrogens is 292 g/mol. The average molecular weight is 302 g/mol. The molecule has 3 aromatic rings. The highest BCUT2D eigenvalue weighted by atomic mass is 32.1. The lowest BCUT2D eigenvalue weighted by molar-refractivity contribution is -0.384. The summed E-state index contributed by atoms with van der Waals surface area (Å²) in [5.41, 5.74) is 0.719. The Bertz CT molecular complexity index is 798. The zero-order chi connectivity index (χ0) is 14.8. The quantitative estimate of drug-likeness (QED) is 0.538. The minimum absolute atomic E-state index is 0.0437. The summed E-state index contributed by atoms with van der Waals surface area (Å²) in [7, 11) is 1.59. The lowest BCUT2D eigenvalue weighted by Gasteiger charge is -2.02. The molecule has 0 N–H and O–H groups in total. The number of benzene rings is 2. The van der Waals surface area contributed by atoms with Gasteiger partial charge in [-0.05, 0) is 30.3 Å². The van der Waals surface area contributed by atoms with Crippen LogP contribution in [0.4, 0.5) is 5.69 Å². The van der Waals surface area contributed by atoms with Crippen LogP contribution in [0, 0.1) is 10.1 Å². The Morgan fingerprint density at radius 1 is 1.14 bits per heavy atom. The van der Waals surface area contributed by atoms with Crippen LogP contribution in [-0.4, -0.2) is 17.0 Å². The van der Waals surface area contributed by atoms with Gasteiger partial charge < -0.3 is 9.47 Å². The van der Waals surface area contributed by atoms with Gasteiger partial charge in [0.15, 0.2) is 0 Å². The molecule has 0 saturated carbocycles. The second-order valence-electron chi connectivity index (χ2n) is 4.17.